The molecule has 3 rings (SSSR count). The van der Waals surface area contributed by atoms with Crippen LogP contribution in [0.15, 0.2) is 54.7 Å². The lowest BCUT2D eigenvalue weighted by Gasteiger charge is -2.24. The number of hydrogen-bond acceptors (Lipinski definition) is 8. The van der Waals surface area contributed by atoms with Gasteiger partial charge in [-0.2, -0.15) is 0 Å². The predicted octanol–water partition coefficient (Wildman–Crippen LogP) is -1.01. The van der Waals surface area contributed by atoms with Gasteiger partial charge < -0.3 is 47.1 Å². The number of aromatic nitrogens is 1. The van der Waals surface area contributed by atoms with E-state index in [4.69, 9.17) is 10.8 Å². The summed E-state index contributed by atoms with van der Waals surface area (Å²) in [6.07, 6.45) is 0.714. The monoisotopic (exact) mass is 569 g/mol. The lowest BCUT2D eigenvalue weighted by molar-refractivity contribution is -0.142. The molecule has 2 aromatic carbocycles. The normalized spacial score (nSPS) is 13.9. The SMILES string of the molecule is NC(CC(=O)O)C(=O)NC(Cc1c[nH]c2ccccc12)C(=O)NC(CO)C(=O)NC(Cc1ccc(O)cc1)C(=O)O. The Hall–Kier alpha value is -4.95. The summed E-state index contributed by atoms with van der Waals surface area (Å²) in [5, 5.41) is 45.6. The molecule has 0 spiro atoms. The lowest BCUT2D eigenvalue weighted by Crippen LogP contribution is -2.58. The molecule has 1 aromatic heterocycles. The van der Waals surface area contributed by atoms with Gasteiger partial charge >= 0.3 is 11.9 Å². The first kappa shape index (κ1) is 30.6. The number of fused-ring (bicyclic) bond motifs is 1. The molecule has 0 saturated heterocycles. The molecule has 14 heteroatoms. The van der Waals surface area contributed by atoms with Crippen molar-refractivity contribution in [3.63, 3.8) is 0 Å². The number of aliphatic hydroxyl groups excluding tert-OH is 1. The van der Waals surface area contributed by atoms with Gasteiger partial charge in [0.1, 0.15) is 23.9 Å². The molecule has 0 saturated carbocycles. The van der Waals surface area contributed by atoms with Gasteiger partial charge in [-0.15, -0.1) is 0 Å². The van der Waals surface area contributed by atoms with Crippen molar-refractivity contribution < 1.29 is 44.4 Å². The number of nitrogens with two attached hydrogens (primary N) is 1. The van der Waals surface area contributed by atoms with Crippen molar-refractivity contribution >= 4 is 40.6 Å². The number of para-hydroxylation sites is 1. The molecule has 1 heterocycles. The van der Waals surface area contributed by atoms with Crippen molar-refractivity contribution in [1.82, 2.24) is 20.9 Å². The van der Waals surface area contributed by atoms with Crippen LogP contribution in [0.5, 0.6) is 5.75 Å². The minimum Gasteiger partial charge on any atom is -0.508 e. The number of aromatic amines is 1. The molecular formula is C27H31N5O9. The van der Waals surface area contributed by atoms with E-state index in [0.29, 0.717) is 11.1 Å². The Kier molecular flexibility index (Phi) is 10.4. The number of amides is 3. The first-order valence-corrected chi connectivity index (χ1v) is 12.5. The van der Waals surface area contributed by atoms with Gasteiger partial charge in [0, 0.05) is 29.9 Å². The maximum absolute atomic E-state index is 13.3. The number of hydrogen-bond donors (Lipinski definition) is 9. The Morgan fingerprint density at radius 2 is 1.41 bits per heavy atom. The summed E-state index contributed by atoms with van der Waals surface area (Å²) in [4.78, 5) is 64.5. The van der Waals surface area contributed by atoms with Crippen LogP contribution in [0.1, 0.15) is 17.5 Å². The van der Waals surface area contributed by atoms with Gasteiger partial charge in [-0.05, 0) is 29.3 Å². The Morgan fingerprint density at radius 1 is 0.805 bits per heavy atom. The van der Waals surface area contributed by atoms with E-state index in [-0.39, 0.29) is 18.6 Å². The van der Waals surface area contributed by atoms with E-state index in [2.05, 4.69) is 20.9 Å². The fraction of sp³-hybridized carbons (Fsp3) is 0.296. The first-order valence-electron chi connectivity index (χ1n) is 12.5. The molecule has 4 unspecified atom stereocenters. The highest BCUT2D eigenvalue weighted by Gasteiger charge is 2.31. The van der Waals surface area contributed by atoms with Gasteiger partial charge in [0.25, 0.3) is 0 Å². The molecule has 14 nitrogen and oxygen atoms in total. The Bertz CT molecular complexity index is 1410. The highest BCUT2D eigenvalue weighted by atomic mass is 16.4. The van der Waals surface area contributed by atoms with E-state index in [1.54, 1.807) is 30.5 Å². The van der Waals surface area contributed by atoms with E-state index in [0.717, 1.165) is 10.9 Å². The molecule has 0 aliphatic carbocycles. The van der Waals surface area contributed by atoms with Crippen LogP contribution < -0.4 is 21.7 Å². The molecule has 0 fully saturated rings. The van der Waals surface area contributed by atoms with Crippen molar-refractivity contribution in [2.75, 3.05) is 6.61 Å². The van der Waals surface area contributed by atoms with Gasteiger partial charge in [-0.25, -0.2) is 4.79 Å². The van der Waals surface area contributed by atoms with Gasteiger partial charge in [-0.3, -0.25) is 19.2 Å². The molecule has 4 atom stereocenters. The number of carbonyl (C=O) groups is 5. The third-order valence-electron chi connectivity index (χ3n) is 6.27. The Morgan fingerprint density at radius 3 is 2.05 bits per heavy atom. The van der Waals surface area contributed by atoms with Crippen LogP contribution in [-0.2, 0) is 36.8 Å². The number of phenolic OH excluding ortho intramolecular Hbond substituents is 1. The molecule has 218 valence electrons. The summed E-state index contributed by atoms with van der Waals surface area (Å²) in [6.45, 7) is -0.893. The number of aromatic hydroxyl groups is 1. The summed E-state index contributed by atoms with van der Waals surface area (Å²) in [5.74, 6) is -5.52. The largest absolute Gasteiger partial charge is 0.508 e. The van der Waals surface area contributed by atoms with E-state index >= 15 is 0 Å². The number of aliphatic carboxylic acids is 2. The number of carboxylic acid groups (broad SMARTS) is 2. The van der Waals surface area contributed by atoms with Crippen LogP contribution in [0.4, 0.5) is 0 Å². The van der Waals surface area contributed by atoms with Crippen LogP contribution in [0.3, 0.4) is 0 Å². The fourth-order valence-electron chi connectivity index (χ4n) is 4.10. The number of rotatable bonds is 14. The van der Waals surface area contributed by atoms with Crippen molar-refractivity contribution in [2.45, 2.75) is 43.4 Å². The number of benzene rings is 2. The predicted molar refractivity (Wildman–Crippen MR) is 145 cm³/mol. The number of aliphatic hydroxyl groups is 1. The van der Waals surface area contributed by atoms with Crippen molar-refractivity contribution in [1.29, 1.82) is 0 Å². The number of phenols is 1. The summed E-state index contributed by atoms with van der Waals surface area (Å²) >= 11 is 0. The van der Waals surface area contributed by atoms with Gasteiger partial charge in [0.05, 0.1) is 19.1 Å². The number of H-pyrrole nitrogens is 1. The van der Waals surface area contributed by atoms with E-state index in [1.807, 2.05) is 0 Å². The zero-order chi connectivity index (χ0) is 30.1. The summed E-state index contributed by atoms with van der Waals surface area (Å²) in [7, 11) is 0. The molecule has 10 N–H and O–H groups in total. The second kappa shape index (κ2) is 13.9. The molecule has 3 amide bonds. The van der Waals surface area contributed by atoms with Crippen LogP contribution in [-0.4, -0.2) is 85.8 Å². The number of carboxylic acids is 2. The van der Waals surface area contributed by atoms with Gasteiger partial charge in [0.15, 0.2) is 0 Å². The van der Waals surface area contributed by atoms with Crippen LogP contribution in [0, 0.1) is 0 Å². The molecule has 3 aromatic rings. The second-order valence-electron chi connectivity index (χ2n) is 9.34. The molecular weight excluding hydrogens is 538 g/mol. The molecule has 0 bridgehead atoms. The third kappa shape index (κ3) is 8.52. The molecule has 0 radical (unpaired) electrons. The van der Waals surface area contributed by atoms with E-state index in [9.17, 15) is 39.3 Å². The van der Waals surface area contributed by atoms with Crippen LogP contribution >= 0.6 is 0 Å². The highest BCUT2D eigenvalue weighted by Crippen LogP contribution is 2.19. The highest BCUT2D eigenvalue weighted by molar-refractivity contribution is 5.95. The summed E-state index contributed by atoms with van der Waals surface area (Å²) in [5.41, 5.74) is 7.54. The Balaban J connectivity index is 1.76. The standard InChI is InChI=1S/C27H31N5O9/c28-18(11-23(35)36)24(37)30-20(10-15-12-29-19-4-2-1-3-17(15)19)25(38)32-22(13-33)26(39)31-21(27(40)41)9-14-5-7-16(34)8-6-14/h1-8,12,18,20-22,29,33-34H,9-11,13,28H2,(H,30,37)(H,31,39)(H,32,38)(H,35,36)(H,40,41). The number of nitrogens with one attached hydrogen (secondary N) is 4. The average molecular weight is 570 g/mol. The molecule has 41 heavy (non-hydrogen) atoms. The summed E-state index contributed by atoms with van der Waals surface area (Å²) < 4.78 is 0. The second-order valence-corrected chi connectivity index (χ2v) is 9.34. The van der Waals surface area contributed by atoms with Crippen LogP contribution in [0.2, 0.25) is 0 Å². The van der Waals surface area contributed by atoms with Crippen LogP contribution in [0.25, 0.3) is 10.9 Å². The topological polar surface area (TPSA) is 244 Å². The van der Waals surface area contributed by atoms with Gasteiger partial charge in [0.2, 0.25) is 17.7 Å². The fourth-order valence-corrected chi connectivity index (χ4v) is 4.10. The maximum Gasteiger partial charge on any atom is 0.326 e. The number of carbonyl (C=O) groups excluding carboxylic acids is 3. The third-order valence-corrected chi connectivity index (χ3v) is 6.27. The van der Waals surface area contributed by atoms with Gasteiger partial charge in [-0.1, -0.05) is 30.3 Å². The lowest BCUT2D eigenvalue weighted by atomic mass is 10.0. The maximum atomic E-state index is 13.3. The van der Waals surface area contributed by atoms with Crippen molar-refractivity contribution in [3.05, 3.63) is 65.9 Å². The minimum absolute atomic E-state index is 0.0223. The van der Waals surface area contributed by atoms with E-state index in [1.165, 1.54) is 24.3 Å². The molecule has 0 aliphatic rings. The average Bonchev–Trinajstić information content (AvgIpc) is 3.34. The zero-order valence-electron chi connectivity index (χ0n) is 21.7. The zero-order valence-corrected chi connectivity index (χ0v) is 21.7. The Labute approximate surface area is 233 Å². The summed E-state index contributed by atoms with van der Waals surface area (Å²) in [6, 6.07) is 7.05. The van der Waals surface area contributed by atoms with Crippen molar-refractivity contribution in [2.24, 2.45) is 5.73 Å². The van der Waals surface area contributed by atoms with Crippen molar-refractivity contribution in [3.8, 4) is 5.75 Å². The quantitative estimate of drug-likeness (QED) is 0.114. The molecule has 0 aliphatic heterocycles. The minimum atomic E-state index is -1.58. The smallest absolute Gasteiger partial charge is 0.326 e. The van der Waals surface area contributed by atoms with E-state index < -0.39 is 66.9 Å². The first-order chi connectivity index (χ1) is 19.5.